The molecular formula is C19H32N4O2S2. The molecule has 27 heavy (non-hydrogen) atoms. The van der Waals surface area contributed by atoms with Crippen LogP contribution in [-0.4, -0.2) is 82.9 Å². The van der Waals surface area contributed by atoms with Crippen LogP contribution in [0.25, 0.3) is 0 Å². The zero-order chi connectivity index (χ0) is 20.6. The van der Waals surface area contributed by atoms with E-state index in [9.17, 15) is 9.59 Å². The van der Waals surface area contributed by atoms with Crippen LogP contribution in [0, 0.1) is 10.8 Å². The average Bonchev–Trinajstić information content (AvgIpc) is 3.51. The largest absolute Gasteiger partial charge is 0.278 e. The van der Waals surface area contributed by atoms with E-state index in [2.05, 4.69) is 0 Å². The molecule has 0 spiro atoms. The lowest BCUT2D eigenvalue weighted by molar-refractivity contribution is -0.148. The van der Waals surface area contributed by atoms with E-state index in [0.717, 1.165) is 35.4 Å². The summed E-state index contributed by atoms with van der Waals surface area (Å²) in [6.07, 6.45) is 4.34. The van der Waals surface area contributed by atoms with Gasteiger partial charge in [0.25, 0.3) is 0 Å². The molecule has 0 aliphatic heterocycles. The first kappa shape index (κ1) is 22.3. The van der Waals surface area contributed by atoms with Crippen molar-refractivity contribution in [3.05, 3.63) is 0 Å². The molecule has 8 heteroatoms. The van der Waals surface area contributed by atoms with Gasteiger partial charge < -0.3 is 0 Å². The van der Waals surface area contributed by atoms with Gasteiger partial charge in [0.05, 0.1) is 0 Å². The van der Waals surface area contributed by atoms with Crippen LogP contribution in [0.3, 0.4) is 0 Å². The summed E-state index contributed by atoms with van der Waals surface area (Å²) in [7, 11) is 7.32. The molecular weight excluding hydrogens is 380 g/mol. The zero-order valence-electron chi connectivity index (χ0n) is 17.4. The van der Waals surface area contributed by atoms with E-state index in [-0.39, 0.29) is 22.6 Å². The van der Waals surface area contributed by atoms with Crippen LogP contribution in [0.5, 0.6) is 0 Å². The van der Waals surface area contributed by atoms with Gasteiger partial charge >= 0.3 is 0 Å². The minimum atomic E-state index is -0.196. The summed E-state index contributed by atoms with van der Waals surface area (Å²) in [6.45, 7) is 5.01. The lowest BCUT2D eigenvalue weighted by Gasteiger charge is -2.32. The Morgan fingerprint density at radius 2 is 1.04 bits per heavy atom. The molecule has 0 aromatic carbocycles. The molecule has 2 fully saturated rings. The maximum Gasteiger partial charge on any atom is 0.242 e. The van der Waals surface area contributed by atoms with Gasteiger partial charge in [0.1, 0.15) is 0 Å². The Kier molecular flexibility index (Phi) is 6.77. The molecule has 2 amide bonds. The third kappa shape index (κ3) is 5.53. The normalized spacial score (nSPS) is 19.0. The predicted molar refractivity (Wildman–Crippen MR) is 115 cm³/mol. The topological polar surface area (TPSA) is 47.1 Å². The fraction of sp³-hybridized carbons (Fsp3) is 0.789. The van der Waals surface area contributed by atoms with Crippen molar-refractivity contribution < 1.29 is 9.59 Å². The number of amides is 2. The molecule has 6 nitrogen and oxygen atoms in total. The van der Waals surface area contributed by atoms with Gasteiger partial charge in [0.15, 0.2) is 0 Å². The maximum atomic E-state index is 12.4. The molecule has 2 aliphatic rings. The summed E-state index contributed by atoms with van der Waals surface area (Å²) in [6, 6.07) is 0. The van der Waals surface area contributed by atoms with Gasteiger partial charge in [-0.3, -0.25) is 19.6 Å². The monoisotopic (exact) mass is 412 g/mol. The van der Waals surface area contributed by atoms with Crippen LogP contribution in [0.2, 0.25) is 0 Å². The number of hydrazine groups is 2. The van der Waals surface area contributed by atoms with Crippen molar-refractivity contribution in [2.45, 2.75) is 46.0 Å². The van der Waals surface area contributed by atoms with Crippen molar-refractivity contribution in [1.82, 2.24) is 20.0 Å². The Labute approximate surface area is 173 Å². The average molecular weight is 413 g/mol. The SMILES string of the molecule is CN(CC(=S)CC(=S)CN(C)N(C)C(=O)C1(C)CC1)N(C)C(=O)C1(C)CC1. The van der Waals surface area contributed by atoms with Crippen LogP contribution in [0.4, 0.5) is 0 Å². The van der Waals surface area contributed by atoms with Crippen LogP contribution in [0.15, 0.2) is 0 Å². The van der Waals surface area contributed by atoms with Crippen molar-refractivity contribution >= 4 is 46.0 Å². The second-order valence-corrected chi connectivity index (χ2v) is 9.82. The molecule has 0 aromatic rings. The molecule has 2 aliphatic carbocycles. The number of carbonyl (C=O) groups is 2. The minimum absolute atomic E-state index is 0.142. The Balaban J connectivity index is 1.76. The summed E-state index contributed by atoms with van der Waals surface area (Å²) in [5, 5.41) is 7.03. The number of carbonyl (C=O) groups excluding carboxylic acids is 2. The van der Waals surface area contributed by atoms with Crippen molar-refractivity contribution in [3.63, 3.8) is 0 Å². The van der Waals surface area contributed by atoms with Gasteiger partial charge in [0.2, 0.25) is 11.8 Å². The molecule has 2 rings (SSSR count). The van der Waals surface area contributed by atoms with Gasteiger partial charge in [-0.1, -0.05) is 38.3 Å². The smallest absolute Gasteiger partial charge is 0.242 e. The first-order chi connectivity index (χ1) is 12.4. The minimum Gasteiger partial charge on any atom is -0.278 e. The van der Waals surface area contributed by atoms with Gasteiger partial charge in [-0.2, -0.15) is 0 Å². The maximum absolute atomic E-state index is 12.4. The van der Waals surface area contributed by atoms with E-state index in [1.54, 1.807) is 24.1 Å². The Morgan fingerprint density at radius 3 is 1.30 bits per heavy atom. The summed E-state index contributed by atoms with van der Waals surface area (Å²) in [5.41, 5.74) is -0.393. The van der Waals surface area contributed by atoms with Crippen molar-refractivity contribution in [2.24, 2.45) is 10.8 Å². The van der Waals surface area contributed by atoms with E-state index in [0.29, 0.717) is 19.5 Å². The fourth-order valence-corrected chi connectivity index (χ4v) is 3.76. The molecule has 0 heterocycles. The third-order valence-corrected chi connectivity index (χ3v) is 6.40. The molecule has 0 aromatic heterocycles. The number of nitrogens with zero attached hydrogens (tertiary/aromatic N) is 4. The number of hydrogen-bond donors (Lipinski definition) is 0. The quantitative estimate of drug-likeness (QED) is 0.405. The highest BCUT2D eigenvalue weighted by Crippen LogP contribution is 2.47. The summed E-state index contributed by atoms with van der Waals surface area (Å²) >= 11 is 11.0. The number of thiocarbonyl (C=S) groups is 2. The molecule has 0 N–H and O–H groups in total. The van der Waals surface area contributed by atoms with Gasteiger partial charge in [-0.25, -0.2) is 10.0 Å². The van der Waals surface area contributed by atoms with Crippen molar-refractivity contribution in [3.8, 4) is 0 Å². The van der Waals surface area contributed by atoms with Gasteiger partial charge in [-0.05, 0) is 25.7 Å². The molecule has 0 radical (unpaired) electrons. The van der Waals surface area contributed by atoms with Crippen molar-refractivity contribution in [2.75, 3.05) is 41.3 Å². The zero-order valence-corrected chi connectivity index (χ0v) is 19.0. The highest BCUT2D eigenvalue weighted by molar-refractivity contribution is 7.82. The van der Waals surface area contributed by atoms with Crippen LogP contribution in [-0.2, 0) is 9.59 Å². The highest BCUT2D eigenvalue weighted by atomic mass is 32.1. The molecule has 0 saturated heterocycles. The second kappa shape index (κ2) is 8.19. The van der Waals surface area contributed by atoms with Crippen LogP contribution in [0.1, 0.15) is 46.0 Å². The highest BCUT2D eigenvalue weighted by Gasteiger charge is 2.48. The van der Waals surface area contributed by atoms with Gasteiger partial charge in [-0.15, -0.1) is 0 Å². The standard InChI is InChI=1S/C19H32N4O2S2/c1-18(7-8-18)16(24)22(5)20(3)12-14(26)11-15(27)13-21(4)23(6)17(25)19(2)9-10-19/h7-13H2,1-6H3. The molecule has 2 saturated carbocycles. The fourth-order valence-electron chi connectivity index (χ4n) is 2.95. The summed E-state index contributed by atoms with van der Waals surface area (Å²) < 4.78 is 0. The number of hydrogen-bond acceptors (Lipinski definition) is 6. The Bertz CT molecular complexity index is 590. The van der Waals surface area contributed by atoms with Gasteiger partial charge in [0, 0.05) is 68.3 Å². The van der Waals surface area contributed by atoms with E-state index in [1.165, 1.54) is 0 Å². The predicted octanol–water partition coefficient (Wildman–Crippen LogP) is 2.33. The molecule has 0 unspecified atom stereocenters. The van der Waals surface area contributed by atoms with Crippen LogP contribution < -0.4 is 0 Å². The lowest BCUT2D eigenvalue weighted by Crippen LogP contribution is -2.47. The second-order valence-electron chi connectivity index (χ2n) is 8.66. The third-order valence-electron chi connectivity index (χ3n) is 5.85. The summed E-state index contributed by atoms with van der Waals surface area (Å²) in [4.78, 5) is 26.4. The molecule has 152 valence electrons. The van der Waals surface area contributed by atoms with Crippen molar-refractivity contribution in [1.29, 1.82) is 0 Å². The summed E-state index contributed by atoms with van der Waals surface area (Å²) in [5.74, 6) is 0.285. The van der Waals surface area contributed by atoms with Crippen LogP contribution >= 0.6 is 24.4 Å². The van der Waals surface area contributed by atoms with E-state index < -0.39 is 0 Å². The first-order valence-electron chi connectivity index (χ1n) is 9.41. The van der Waals surface area contributed by atoms with E-state index >= 15 is 0 Å². The number of rotatable bonds is 10. The Morgan fingerprint density at radius 1 is 0.741 bits per heavy atom. The lowest BCUT2D eigenvalue weighted by atomic mass is 10.1. The Hall–Kier alpha value is -0.960. The van der Waals surface area contributed by atoms with E-state index in [4.69, 9.17) is 24.4 Å². The van der Waals surface area contributed by atoms with E-state index in [1.807, 2.05) is 38.0 Å². The molecule has 0 bridgehead atoms. The molecule has 0 atom stereocenters. The first-order valence-corrected chi connectivity index (χ1v) is 10.2.